The van der Waals surface area contributed by atoms with Crippen LogP contribution in [-0.2, 0) is 0 Å². The molecule has 2 aromatic carbocycles. The molecule has 2 aromatic rings. The van der Waals surface area contributed by atoms with Crippen LogP contribution in [0.1, 0.15) is 11.6 Å². The van der Waals surface area contributed by atoms with Crippen LogP contribution in [0.4, 0.5) is 10.1 Å². The van der Waals surface area contributed by atoms with Crippen LogP contribution < -0.4 is 5.32 Å². The van der Waals surface area contributed by atoms with Crippen molar-refractivity contribution >= 4 is 28.9 Å². The van der Waals surface area contributed by atoms with E-state index in [1.54, 1.807) is 36.4 Å². The second kappa shape index (κ2) is 6.24. The van der Waals surface area contributed by atoms with Crippen molar-refractivity contribution in [3.8, 4) is 0 Å². The topological polar surface area (TPSA) is 32.3 Å². The first kappa shape index (κ1) is 14.1. The van der Waals surface area contributed by atoms with Crippen LogP contribution in [0, 0.1) is 5.82 Å². The van der Waals surface area contributed by atoms with Crippen LogP contribution in [0.3, 0.4) is 0 Å². The highest BCUT2D eigenvalue weighted by Crippen LogP contribution is 2.31. The summed E-state index contributed by atoms with van der Waals surface area (Å²) in [6, 6.07) is 10.8. The summed E-state index contributed by atoms with van der Waals surface area (Å²) in [4.78, 5) is 0. The molecule has 19 heavy (non-hydrogen) atoms. The fourth-order valence-electron chi connectivity index (χ4n) is 1.78. The number of aliphatic hydroxyl groups is 1. The van der Waals surface area contributed by atoms with Gasteiger partial charge in [-0.15, -0.1) is 0 Å². The molecule has 100 valence electrons. The Balaban J connectivity index is 2.31. The van der Waals surface area contributed by atoms with E-state index in [0.717, 1.165) is 0 Å². The van der Waals surface area contributed by atoms with Gasteiger partial charge in [-0.1, -0.05) is 47.5 Å². The second-order valence-corrected chi connectivity index (χ2v) is 4.79. The van der Waals surface area contributed by atoms with Gasteiger partial charge in [-0.2, -0.15) is 0 Å². The second-order valence-electron chi connectivity index (χ2n) is 4.00. The number of aliphatic hydroxyl groups excluding tert-OH is 1. The molecule has 0 bridgehead atoms. The zero-order valence-corrected chi connectivity index (χ0v) is 11.4. The first-order valence-corrected chi connectivity index (χ1v) is 6.45. The number of rotatable bonds is 4. The highest BCUT2D eigenvalue weighted by Gasteiger charge is 2.16. The van der Waals surface area contributed by atoms with E-state index in [2.05, 4.69) is 5.32 Å². The summed E-state index contributed by atoms with van der Waals surface area (Å²) in [7, 11) is 0. The Morgan fingerprint density at radius 1 is 1.11 bits per heavy atom. The minimum Gasteiger partial charge on any atom is -0.394 e. The zero-order valence-electron chi connectivity index (χ0n) is 9.91. The van der Waals surface area contributed by atoms with E-state index in [0.29, 0.717) is 21.3 Å². The Hall–Kier alpha value is -1.29. The average molecular weight is 300 g/mol. The van der Waals surface area contributed by atoms with E-state index < -0.39 is 6.04 Å². The SMILES string of the molecule is OCC(Nc1ccccc1F)c1cccc(Cl)c1Cl. The minimum absolute atomic E-state index is 0.228. The Morgan fingerprint density at radius 3 is 2.53 bits per heavy atom. The van der Waals surface area contributed by atoms with Crippen molar-refractivity contribution in [2.24, 2.45) is 0 Å². The monoisotopic (exact) mass is 299 g/mol. The maximum atomic E-state index is 13.6. The van der Waals surface area contributed by atoms with Gasteiger partial charge in [0.05, 0.1) is 28.4 Å². The van der Waals surface area contributed by atoms with Gasteiger partial charge < -0.3 is 10.4 Å². The highest BCUT2D eigenvalue weighted by molar-refractivity contribution is 6.42. The fraction of sp³-hybridized carbons (Fsp3) is 0.143. The van der Waals surface area contributed by atoms with Gasteiger partial charge in [-0.25, -0.2) is 4.39 Å². The van der Waals surface area contributed by atoms with Crippen LogP contribution >= 0.6 is 23.2 Å². The molecule has 0 spiro atoms. The van der Waals surface area contributed by atoms with Crippen molar-refractivity contribution in [3.05, 3.63) is 63.9 Å². The number of anilines is 1. The zero-order chi connectivity index (χ0) is 13.8. The average Bonchev–Trinajstić information content (AvgIpc) is 2.41. The van der Waals surface area contributed by atoms with Crippen molar-refractivity contribution in [3.63, 3.8) is 0 Å². The van der Waals surface area contributed by atoms with Crippen LogP contribution in [0.25, 0.3) is 0 Å². The van der Waals surface area contributed by atoms with Gasteiger partial charge in [0.25, 0.3) is 0 Å². The maximum Gasteiger partial charge on any atom is 0.146 e. The number of benzene rings is 2. The van der Waals surface area contributed by atoms with Gasteiger partial charge >= 0.3 is 0 Å². The van der Waals surface area contributed by atoms with E-state index in [-0.39, 0.29) is 12.4 Å². The lowest BCUT2D eigenvalue weighted by molar-refractivity contribution is 0.276. The summed E-state index contributed by atoms with van der Waals surface area (Å²) < 4.78 is 13.6. The van der Waals surface area contributed by atoms with E-state index >= 15 is 0 Å². The molecule has 5 heteroatoms. The molecular weight excluding hydrogens is 288 g/mol. The number of para-hydroxylation sites is 1. The maximum absolute atomic E-state index is 13.6. The summed E-state index contributed by atoms with van der Waals surface area (Å²) in [6.45, 7) is -0.228. The van der Waals surface area contributed by atoms with E-state index in [9.17, 15) is 9.50 Å². The summed E-state index contributed by atoms with van der Waals surface area (Å²) >= 11 is 12.0. The molecule has 2 nitrogen and oxygen atoms in total. The summed E-state index contributed by atoms with van der Waals surface area (Å²) in [5.74, 6) is -0.390. The van der Waals surface area contributed by atoms with E-state index in [1.807, 2.05) is 0 Å². The molecule has 0 aromatic heterocycles. The van der Waals surface area contributed by atoms with E-state index in [4.69, 9.17) is 23.2 Å². The van der Waals surface area contributed by atoms with Crippen molar-refractivity contribution in [2.45, 2.75) is 6.04 Å². The van der Waals surface area contributed by atoms with Crippen molar-refractivity contribution < 1.29 is 9.50 Å². The molecule has 2 rings (SSSR count). The van der Waals surface area contributed by atoms with Gasteiger partial charge in [0.2, 0.25) is 0 Å². The van der Waals surface area contributed by atoms with Crippen molar-refractivity contribution in [1.82, 2.24) is 0 Å². The number of hydrogen-bond acceptors (Lipinski definition) is 2. The minimum atomic E-state index is -0.525. The van der Waals surface area contributed by atoms with Crippen LogP contribution in [-0.4, -0.2) is 11.7 Å². The lowest BCUT2D eigenvalue weighted by Gasteiger charge is -2.20. The first-order chi connectivity index (χ1) is 9.13. The summed E-state index contributed by atoms with van der Waals surface area (Å²) in [5, 5.41) is 13.1. The van der Waals surface area contributed by atoms with Gasteiger partial charge in [-0.3, -0.25) is 0 Å². The molecule has 1 unspecified atom stereocenters. The Bertz CT molecular complexity index is 577. The number of nitrogens with one attached hydrogen (secondary N) is 1. The Labute approximate surface area is 120 Å². The van der Waals surface area contributed by atoms with Crippen molar-refractivity contribution in [2.75, 3.05) is 11.9 Å². The Kier molecular flexibility index (Phi) is 4.64. The molecule has 0 aliphatic rings. The molecule has 1 atom stereocenters. The normalized spacial score (nSPS) is 12.2. The smallest absolute Gasteiger partial charge is 0.146 e. The number of hydrogen-bond donors (Lipinski definition) is 2. The molecule has 0 radical (unpaired) electrons. The molecule has 0 fully saturated rings. The highest BCUT2D eigenvalue weighted by atomic mass is 35.5. The lowest BCUT2D eigenvalue weighted by atomic mass is 10.1. The fourth-order valence-corrected chi connectivity index (χ4v) is 2.22. The third-order valence-electron chi connectivity index (χ3n) is 2.74. The Morgan fingerprint density at radius 2 is 1.84 bits per heavy atom. The molecule has 0 amide bonds. The summed E-state index contributed by atoms with van der Waals surface area (Å²) in [6.07, 6.45) is 0. The van der Waals surface area contributed by atoms with Gasteiger partial charge in [0, 0.05) is 0 Å². The lowest BCUT2D eigenvalue weighted by Crippen LogP contribution is -2.16. The van der Waals surface area contributed by atoms with Gasteiger partial charge in [-0.05, 0) is 23.8 Å². The molecule has 2 N–H and O–H groups in total. The molecule has 0 saturated carbocycles. The van der Waals surface area contributed by atoms with Gasteiger partial charge in [0.15, 0.2) is 0 Å². The predicted octanol–water partition coefficient (Wildman–Crippen LogP) is 4.28. The molecule has 0 heterocycles. The third kappa shape index (κ3) is 3.18. The predicted molar refractivity (Wildman–Crippen MR) is 76.3 cm³/mol. The molecule has 0 aliphatic heterocycles. The standard InChI is InChI=1S/C14H12Cl2FNO/c15-10-5-3-4-9(14(10)16)13(8-19)18-12-7-2-1-6-11(12)17/h1-7,13,18-19H,8H2. The van der Waals surface area contributed by atoms with Crippen LogP contribution in [0.5, 0.6) is 0 Å². The van der Waals surface area contributed by atoms with Crippen molar-refractivity contribution in [1.29, 1.82) is 0 Å². The van der Waals surface area contributed by atoms with Crippen LogP contribution in [0.15, 0.2) is 42.5 Å². The molecular formula is C14H12Cl2FNO. The largest absolute Gasteiger partial charge is 0.394 e. The first-order valence-electron chi connectivity index (χ1n) is 5.69. The van der Waals surface area contributed by atoms with Gasteiger partial charge in [0.1, 0.15) is 5.82 Å². The molecule has 0 aliphatic carbocycles. The quantitative estimate of drug-likeness (QED) is 0.883. The number of halogens is 3. The third-order valence-corrected chi connectivity index (χ3v) is 3.58. The summed E-state index contributed by atoms with van der Waals surface area (Å²) in [5.41, 5.74) is 0.928. The van der Waals surface area contributed by atoms with E-state index in [1.165, 1.54) is 6.07 Å². The van der Waals surface area contributed by atoms with Crippen LogP contribution in [0.2, 0.25) is 10.0 Å². The molecule has 0 saturated heterocycles.